The third kappa shape index (κ3) is 10.7. The molecule has 0 aromatic heterocycles. The highest BCUT2D eigenvalue weighted by Gasteiger charge is 2.14. The summed E-state index contributed by atoms with van der Waals surface area (Å²) in [6.45, 7) is 4.57. The molecule has 0 aliphatic heterocycles. The van der Waals surface area contributed by atoms with E-state index in [4.69, 9.17) is 0 Å². The van der Waals surface area contributed by atoms with Gasteiger partial charge in [0, 0.05) is 0 Å². The Morgan fingerprint density at radius 3 is 1.18 bits per heavy atom. The van der Waals surface area contributed by atoms with Gasteiger partial charge in [0.15, 0.2) is 0 Å². The Labute approximate surface area is 141 Å². The standard InChI is InChI=1S/2C11H22/c2*1-2-3-4-5-8-11-9-6-7-10-11/h2*11H,2-10H2,1H3. The van der Waals surface area contributed by atoms with Crippen molar-refractivity contribution in [3.05, 3.63) is 0 Å². The molecule has 0 radical (unpaired) electrons. The zero-order chi connectivity index (χ0) is 15.9. The van der Waals surface area contributed by atoms with Gasteiger partial charge in [0.2, 0.25) is 0 Å². The number of hydrogen-bond donors (Lipinski definition) is 0. The molecule has 0 amide bonds. The van der Waals surface area contributed by atoms with Crippen molar-refractivity contribution < 1.29 is 0 Å². The van der Waals surface area contributed by atoms with Crippen LogP contribution in [0.25, 0.3) is 0 Å². The number of unbranched alkanes of at least 4 members (excludes halogenated alkanes) is 6. The quantitative estimate of drug-likeness (QED) is 0.356. The predicted molar refractivity (Wildman–Crippen MR) is 101 cm³/mol. The lowest BCUT2D eigenvalue weighted by Gasteiger charge is -2.06. The van der Waals surface area contributed by atoms with Gasteiger partial charge in [-0.1, -0.05) is 129 Å². The second kappa shape index (κ2) is 14.6. The highest BCUT2D eigenvalue weighted by atomic mass is 14.2. The van der Waals surface area contributed by atoms with Gasteiger partial charge in [0.25, 0.3) is 0 Å². The zero-order valence-electron chi connectivity index (χ0n) is 15.9. The Kier molecular flexibility index (Phi) is 13.3. The first-order valence-electron chi connectivity index (χ1n) is 10.9. The highest BCUT2D eigenvalue weighted by molar-refractivity contribution is 4.67. The van der Waals surface area contributed by atoms with Gasteiger partial charge >= 0.3 is 0 Å². The lowest BCUT2D eigenvalue weighted by atomic mass is 10.00. The minimum atomic E-state index is 1.12. The Hall–Kier alpha value is 0. The molecule has 0 heteroatoms. The van der Waals surface area contributed by atoms with E-state index in [1.165, 1.54) is 116 Å². The van der Waals surface area contributed by atoms with Crippen LogP contribution in [0.3, 0.4) is 0 Å². The van der Waals surface area contributed by atoms with Crippen molar-refractivity contribution in [1.82, 2.24) is 0 Å². The Morgan fingerprint density at radius 2 is 0.864 bits per heavy atom. The van der Waals surface area contributed by atoms with Crippen LogP contribution in [-0.4, -0.2) is 0 Å². The van der Waals surface area contributed by atoms with Crippen LogP contribution in [0.5, 0.6) is 0 Å². The van der Waals surface area contributed by atoms with Crippen LogP contribution in [0.2, 0.25) is 0 Å². The molecule has 22 heavy (non-hydrogen) atoms. The average molecular weight is 309 g/mol. The summed E-state index contributed by atoms with van der Waals surface area (Å²) < 4.78 is 0. The minimum Gasteiger partial charge on any atom is -0.0654 e. The third-order valence-electron chi connectivity index (χ3n) is 5.88. The van der Waals surface area contributed by atoms with Gasteiger partial charge in [-0.05, 0) is 11.8 Å². The van der Waals surface area contributed by atoms with Crippen LogP contribution in [0.15, 0.2) is 0 Å². The summed E-state index contributed by atoms with van der Waals surface area (Å²) >= 11 is 0. The third-order valence-corrected chi connectivity index (χ3v) is 5.88. The van der Waals surface area contributed by atoms with Crippen LogP contribution >= 0.6 is 0 Å². The zero-order valence-corrected chi connectivity index (χ0v) is 15.9. The SMILES string of the molecule is CCCCCCC1CCCC1.CCCCCCC1CCCC1. The van der Waals surface area contributed by atoms with E-state index in [2.05, 4.69) is 13.8 Å². The fourth-order valence-corrected chi connectivity index (χ4v) is 4.32. The summed E-state index contributed by atoms with van der Waals surface area (Å²) in [5, 5.41) is 0. The van der Waals surface area contributed by atoms with Gasteiger partial charge in [0.05, 0.1) is 0 Å². The molecule has 2 saturated carbocycles. The summed E-state index contributed by atoms with van der Waals surface area (Å²) in [6, 6.07) is 0. The molecule has 0 heterocycles. The molecule has 0 aromatic rings. The van der Waals surface area contributed by atoms with Crippen molar-refractivity contribution >= 4 is 0 Å². The molecule has 2 aliphatic rings. The Balaban J connectivity index is 0.000000220. The second-order valence-corrected chi connectivity index (χ2v) is 8.00. The van der Waals surface area contributed by atoms with E-state index >= 15 is 0 Å². The average Bonchev–Trinajstić information content (AvgIpc) is 3.22. The second-order valence-electron chi connectivity index (χ2n) is 8.00. The van der Waals surface area contributed by atoms with Crippen LogP contribution < -0.4 is 0 Å². The molecule has 2 fully saturated rings. The number of rotatable bonds is 10. The maximum Gasteiger partial charge on any atom is -0.0414 e. The summed E-state index contributed by atoms with van der Waals surface area (Å²) in [7, 11) is 0. The van der Waals surface area contributed by atoms with Gasteiger partial charge in [-0.3, -0.25) is 0 Å². The summed E-state index contributed by atoms with van der Waals surface area (Å²) in [4.78, 5) is 0. The smallest absolute Gasteiger partial charge is 0.0414 e. The van der Waals surface area contributed by atoms with Gasteiger partial charge in [-0.2, -0.15) is 0 Å². The van der Waals surface area contributed by atoms with E-state index in [0.717, 1.165) is 11.8 Å². The minimum absolute atomic E-state index is 1.12. The molecule has 0 atom stereocenters. The number of hydrogen-bond acceptors (Lipinski definition) is 0. The molecule has 2 rings (SSSR count). The van der Waals surface area contributed by atoms with E-state index in [9.17, 15) is 0 Å². The van der Waals surface area contributed by atoms with E-state index in [-0.39, 0.29) is 0 Å². The van der Waals surface area contributed by atoms with Crippen LogP contribution in [-0.2, 0) is 0 Å². The lowest BCUT2D eigenvalue weighted by molar-refractivity contribution is 0.467. The van der Waals surface area contributed by atoms with Crippen molar-refractivity contribution in [1.29, 1.82) is 0 Å². The van der Waals surface area contributed by atoms with Crippen molar-refractivity contribution in [2.45, 2.75) is 129 Å². The van der Waals surface area contributed by atoms with E-state index in [1.54, 1.807) is 0 Å². The van der Waals surface area contributed by atoms with Gasteiger partial charge in [-0.25, -0.2) is 0 Å². The maximum absolute atomic E-state index is 2.29. The van der Waals surface area contributed by atoms with Crippen molar-refractivity contribution in [3.8, 4) is 0 Å². The van der Waals surface area contributed by atoms with Crippen molar-refractivity contribution in [2.24, 2.45) is 11.8 Å². The highest BCUT2D eigenvalue weighted by Crippen LogP contribution is 2.29. The van der Waals surface area contributed by atoms with Gasteiger partial charge < -0.3 is 0 Å². The molecule has 132 valence electrons. The first kappa shape index (κ1) is 20.0. The molecule has 0 unspecified atom stereocenters. The van der Waals surface area contributed by atoms with Crippen LogP contribution in [0.1, 0.15) is 129 Å². The molecule has 0 N–H and O–H groups in total. The van der Waals surface area contributed by atoms with Crippen molar-refractivity contribution in [3.63, 3.8) is 0 Å². The molecule has 0 bridgehead atoms. The van der Waals surface area contributed by atoms with Crippen LogP contribution in [0.4, 0.5) is 0 Å². The molecule has 0 spiro atoms. The van der Waals surface area contributed by atoms with Gasteiger partial charge in [0.1, 0.15) is 0 Å². The van der Waals surface area contributed by atoms with Crippen molar-refractivity contribution in [2.75, 3.05) is 0 Å². The molecule has 0 nitrogen and oxygen atoms in total. The fourth-order valence-electron chi connectivity index (χ4n) is 4.32. The summed E-state index contributed by atoms with van der Waals surface area (Å²) in [5.41, 5.74) is 0. The molecule has 0 saturated heterocycles. The molecular weight excluding hydrogens is 264 g/mol. The predicted octanol–water partition coefficient (Wildman–Crippen LogP) is 8.29. The molecule has 2 aliphatic carbocycles. The largest absolute Gasteiger partial charge is 0.0654 e. The first-order chi connectivity index (χ1) is 10.9. The van der Waals surface area contributed by atoms with E-state index < -0.39 is 0 Å². The topological polar surface area (TPSA) is 0 Å². The summed E-state index contributed by atoms with van der Waals surface area (Å²) in [6.07, 6.45) is 26.9. The van der Waals surface area contributed by atoms with E-state index in [0.29, 0.717) is 0 Å². The first-order valence-corrected chi connectivity index (χ1v) is 10.9. The normalized spacial score (nSPS) is 19.4. The van der Waals surface area contributed by atoms with Crippen LogP contribution in [0, 0.1) is 11.8 Å². The lowest BCUT2D eigenvalue weighted by Crippen LogP contribution is -1.92. The monoisotopic (exact) mass is 308 g/mol. The summed E-state index contributed by atoms with van der Waals surface area (Å²) in [5.74, 6) is 2.23. The molecular formula is C22H44. The maximum atomic E-state index is 2.29. The Bertz CT molecular complexity index is 184. The van der Waals surface area contributed by atoms with E-state index in [1.807, 2.05) is 0 Å². The van der Waals surface area contributed by atoms with Gasteiger partial charge in [-0.15, -0.1) is 0 Å². The molecule has 0 aromatic carbocycles. The fraction of sp³-hybridized carbons (Fsp3) is 1.00. The Morgan fingerprint density at radius 1 is 0.500 bits per heavy atom.